The van der Waals surface area contributed by atoms with Gasteiger partial charge in [-0.1, -0.05) is 19.3 Å². The minimum Gasteiger partial charge on any atom is -0.368 e. The van der Waals surface area contributed by atoms with E-state index < -0.39 is 0 Å². The Kier molecular flexibility index (Phi) is 7.08. The normalized spacial score (nSPS) is 15.3. The third-order valence-electron chi connectivity index (χ3n) is 4.22. The van der Waals surface area contributed by atoms with Crippen LogP contribution in [0.5, 0.6) is 0 Å². The summed E-state index contributed by atoms with van der Waals surface area (Å²) in [5.41, 5.74) is 5.72. The second-order valence-electron chi connectivity index (χ2n) is 6.27. The Hall–Kier alpha value is -1.57. The van der Waals surface area contributed by atoms with Gasteiger partial charge < -0.3 is 15.5 Å². The van der Waals surface area contributed by atoms with Crippen molar-refractivity contribution in [3.05, 3.63) is 5.82 Å². The number of amides is 1. The molecule has 0 unspecified atom stereocenters. The van der Waals surface area contributed by atoms with Gasteiger partial charge in [-0.3, -0.25) is 4.79 Å². The van der Waals surface area contributed by atoms with Crippen LogP contribution in [0.3, 0.4) is 0 Å². The molecule has 1 aromatic rings. The monoisotopic (exact) mass is 352 g/mol. The number of nitrogens with two attached hydrogens (primary N) is 1. The quantitative estimate of drug-likeness (QED) is 0.802. The van der Waals surface area contributed by atoms with E-state index in [1.165, 1.54) is 31.0 Å². The number of thioether (sulfide) groups is 1. The van der Waals surface area contributed by atoms with Crippen LogP contribution in [-0.4, -0.2) is 58.2 Å². The molecule has 1 saturated carbocycles. The van der Waals surface area contributed by atoms with E-state index in [0.717, 1.165) is 19.4 Å². The summed E-state index contributed by atoms with van der Waals surface area (Å²) in [6, 6.07) is 0.421. The number of hydrogen-bond donors (Lipinski definition) is 1. The number of carbonyl (C=O) groups is 1. The summed E-state index contributed by atoms with van der Waals surface area (Å²) < 4.78 is 0. The van der Waals surface area contributed by atoms with E-state index in [2.05, 4.69) is 21.9 Å². The van der Waals surface area contributed by atoms with Gasteiger partial charge >= 0.3 is 0 Å². The van der Waals surface area contributed by atoms with Crippen molar-refractivity contribution in [2.75, 3.05) is 37.0 Å². The number of carbonyl (C=O) groups excluding carboxylic acids is 1. The van der Waals surface area contributed by atoms with Crippen LogP contribution in [0.25, 0.3) is 0 Å². The molecule has 1 fully saturated rings. The zero-order chi connectivity index (χ0) is 17.5. The highest BCUT2D eigenvalue weighted by Gasteiger charge is 2.23. The Morgan fingerprint density at radius 2 is 1.92 bits per heavy atom. The van der Waals surface area contributed by atoms with Crippen molar-refractivity contribution < 1.29 is 4.79 Å². The van der Waals surface area contributed by atoms with Crippen LogP contribution in [0.4, 0.5) is 11.9 Å². The van der Waals surface area contributed by atoms with Gasteiger partial charge in [0.15, 0.2) is 0 Å². The average Bonchev–Trinajstić information content (AvgIpc) is 2.56. The van der Waals surface area contributed by atoms with Crippen molar-refractivity contribution in [1.82, 2.24) is 19.9 Å². The van der Waals surface area contributed by atoms with Crippen molar-refractivity contribution in [1.29, 1.82) is 0 Å². The zero-order valence-corrected chi connectivity index (χ0v) is 15.7. The van der Waals surface area contributed by atoms with E-state index >= 15 is 0 Å². The van der Waals surface area contributed by atoms with E-state index in [1.54, 1.807) is 4.90 Å². The average molecular weight is 353 g/mol. The number of rotatable bonds is 7. The minimum atomic E-state index is 0.212. The standard InChI is InChI=1S/C16H28N6OS/c1-4-22(12-8-6-5-7-9-12)14(23)11-24-10-13-18-15(17)20-16(19-13)21(2)3/h12H,4-11H2,1-3H3,(H2,17,18,19,20). The number of anilines is 2. The second-order valence-corrected chi connectivity index (χ2v) is 7.25. The molecule has 7 nitrogen and oxygen atoms in total. The molecule has 1 aromatic heterocycles. The third kappa shape index (κ3) is 5.22. The lowest BCUT2D eigenvalue weighted by Gasteiger charge is -2.33. The van der Waals surface area contributed by atoms with Crippen molar-refractivity contribution >= 4 is 29.6 Å². The van der Waals surface area contributed by atoms with E-state index in [1.807, 2.05) is 19.0 Å². The van der Waals surface area contributed by atoms with Gasteiger partial charge in [-0.2, -0.15) is 15.0 Å². The summed E-state index contributed by atoms with van der Waals surface area (Å²) in [5, 5.41) is 0. The molecule has 0 saturated heterocycles. The highest BCUT2D eigenvalue weighted by molar-refractivity contribution is 7.99. The Balaban J connectivity index is 1.87. The number of nitrogens with zero attached hydrogens (tertiary/aromatic N) is 5. The van der Waals surface area contributed by atoms with Crippen molar-refractivity contribution in [3.8, 4) is 0 Å². The molecule has 2 rings (SSSR count). The maximum Gasteiger partial charge on any atom is 0.232 e. The Labute approximate surface area is 148 Å². The van der Waals surface area contributed by atoms with Crippen LogP contribution in [0.2, 0.25) is 0 Å². The summed E-state index contributed by atoms with van der Waals surface area (Å²) in [6.07, 6.45) is 6.05. The minimum absolute atomic E-state index is 0.212. The van der Waals surface area contributed by atoms with Gasteiger partial charge in [0.2, 0.25) is 17.8 Å². The molecule has 2 N–H and O–H groups in total. The van der Waals surface area contributed by atoms with Gasteiger partial charge in [0.1, 0.15) is 5.82 Å². The van der Waals surface area contributed by atoms with Gasteiger partial charge in [0.05, 0.1) is 11.5 Å². The van der Waals surface area contributed by atoms with Gasteiger partial charge in [0.25, 0.3) is 0 Å². The predicted molar refractivity (Wildman–Crippen MR) is 99.0 cm³/mol. The SMILES string of the molecule is CCN(C(=O)CSCc1nc(N)nc(N(C)C)n1)C1CCCCC1. The highest BCUT2D eigenvalue weighted by atomic mass is 32.2. The van der Waals surface area contributed by atoms with Crippen molar-refractivity contribution in [2.45, 2.75) is 50.8 Å². The molecule has 0 bridgehead atoms. The molecule has 0 spiro atoms. The van der Waals surface area contributed by atoms with Crippen LogP contribution in [0.1, 0.15) is 44.9 Å². The van der Waals surface area contributed by atoms with E-state index in [-0.39, 0.29) is 11.9 Å². The fraction of sp³-hybridized carbons (Fsp3) is 0.750. The Bertz CT molecular complexity index is 547. The highest BCUT2D eigenvalue weighted by Crippen LogP contribution is 2.23. The number of nitrogen functional groups attached to an aromatic ring is 1. The molecule has 1 aliphatic carbocycles. The lowest BCUT2D eigenvalue weighted by molar-refractivity contribution is -0.131. The molecule has 24 heavy (non-hydrogen) atoms. The molecule has 8 heteroatoms. The molecule has 1 amide bonds. The first-order chi connectivity index (χ1) is 11.5. The molecule has 0 atom stereocenters. The van der Waals surface area contributed by atoms with Crippen LogP contribution >= 0.6 is 11.8 Å². The summed E-state index contributed by atoms with van der Waals surface area (Å²) in [4.78, 5) is 28.9. The molecule has 0 aliphatic heterocycles. The smallest absolute Gasteiger partial charge is 0.232 e. The number of hydrogen-bond acceptors (Lipinski definition) is 7. The maximum absolute atomic E-state index is 12.5. The topological polar surface area (TPSA) is 88.2 Å². The predicted octanol–water partition coefficient (Wildman–Crippen LogP) is 1.93. The molecule has 0 radical (unpaired) electrons. The Morgan fingerprint density at radius 1 is 1.21 bits per heavy atom. The van der Waals surface area contributed by atoms with Crippen LogP contribution in [0, 0.1) is 0 Å². The molecule has 1 heterocycles. The molecule has 1 aliphatic rings. The Morgan fingerprint density at radius 3 is 2.54 bits per heavy atom. The van der Waals surface area contributed by atoms with Crippen molar-refractivity contribution in [2.24, 2.45) is 0 Å². The van der Waals surface area contributed by atoms with Gasteiger partial charge in [-0.05, 0) is 19.8 Å². The fourth-order valence-electron chi connectivity index (χ4n) is 3.03. The molecular weight excluding hydrogens is 324 g/mol. The zero-order valence-electron chi connectivity index (χ0n) is 14.9. The van der Waals surface area contributed by atoms with E-state index in [9.17, 15) is 4.79 Å². The van der Waals surface area contributed by atoms with E-state index in [0.29, 0.717) is 29.3 Å². The lowest BCUT2D eigenvalue weighted by atomic mass is 9.94. The van der Waals surface area contributed by atoms with Crippen molar-refractivity contribution in [3.63, 3.8) is 0 Å². The van der Waals surface area contributed by atoms with E-state index in [4.69, 9.17) is 5.73 Å². The third-order valence-corrected chi connectivity index (χ3v) is 5.13. The summed E-state index contributed by atoms with van der Waals surface area (Å²) in [7, 11) is 3.72. The van der Waals surface area contributed by atoms with Crippen LogP contribution in [-0.2, 0) is 10.5 Å². The van der Waals surface area contributed by atoms with Crippen LogP contribution < -0.4 is 10.6 Å². The molecule has 134 valence electrons. The van der Waals surface area contributed by atoms with Gasteiger partial charge in [0, 0.05) is 26.7 Å². The maximum atomic E-state index is 12.5. The lowest BCUT2D eigenvalue weighted by Crippen LogP contribution is -2.42. The second kappa shape index (κ2) is 9.05. The first-order valence-corrected chi connectivity index (χ1v) is 9.71. The first-order valence-electron chi connectivity index (χ1n) is 8.56. The summed E-state index contributed by atoms with van der Waals surface area (Å²) >= 11 is 1.53. The number of aromatic nitrogens is 3. The molecule has 0 aromatic carbocycles. The van der Waals surface area contributed by atoms with Gasteiger partial charge in [-0.25, -0.2) is 0 Å². The fourth-order valence-corrected chi connectivity index (χ4v) is 3.79. The summed E-state index contributed by atoms with van der Waals surface area (Å²) in [5.74, 6) is 2.60. The van der Waals surface area contributed by atoms with Crippen LogP contribution in [0.15, 0.2) is 0 Å². The largest absolute Gasteiger partial charge is 0.368 e. The summed E-state index contributed by atoms with van der Waals surface area (Å²) in [6.45, 7) is 2.85. The molecular formula is C16H28N6OS. The first kappa shape index (κ1) is 18.8. The van der Waals surface area contributed by atoms with Gasteiger partial charge in [-0.15, -0.1) is 11.8 Å².